The Balaban J connectivity index is 2.29. The first-order valence-electron chi connectivity index (χ1n) is 4.66. The molecule has 0 aliphatic carbocycles. The smallest absolute Gasteiger partial charge is 0.162 e. The van der Waals surface area contributed by atoms with E-state index in [0.717, 1.165) is 11.6 Å². The Morgan fingerprint density at radius 1 is 1.00 bits per heavy atom. The molecule has 0 atom stereocenters. The van der Waals surface area contributed by atoms with E-state index in [1.165, 1.54) is 6.07 Å². The number of halogens is 2. The average molecular weight is 203 g/mol. The fourth-order valence-electron chi connectivity index (χ4n) is 1.43. The molecule has 0 aliphatic rings. The van der Waals surface area contributed by atoms with Crippen molar-refractivity contribution in [3.63, 3.8) is 0 Å². The molecule has 15 heavy (non-hydrogen) atoms. The van der Waals surface area contributed by atoms with Crippen molar-refractivity contribution in [1.82, 2.24) is 0 Å². The fraction of sp³-hybridized carbons (Fsp3) is 0.0769. The van der Waals surface area contributed by atoms with Crippen molar-refractivity contribution in [2.45, 2.75) is 6.42 Å². The number of hydrogen-bond acceptors (Lipinski definition) is 0. The number of hydrogen-bond donors (Lipinski definition) is 0. The molecule has 0 fully saturated rings. The Kier molecular flexibility index (Phi) is 2.77. The highest BCUT2D eigenvalue weighted by Gasteiger charge is 2.07. The molecule has 0 spiro atoms. The molecule has 2 aromatic rings. The lowest BCUT2D eigenvalue weighted by atomic mass is 10.0. The van der Waals surface area contributed by atoms with Crippen molar-refractivity contribution >= 4 is 0 Å². The maximum absolute atomic E-state index is 13.3. The topological polar surface area (TPSA) is 0 Å². The third-order valence-corrected chi connectivity index (χ3v) is 2.19. The molecule has 0 bridgehead atoms. The van der Waals surface area contributed by atoms with Crippen LogP contribution in [0.5, 0.6) is 0 Å². The van der Waals surface area contributed by atoms with Gasteiger partial charge in [0.2, 0.25) is 0 Å². The van der Waals surface area contributed by atoms with E-state index in [-0.39, 0.29) is 0 Å². The van der Waals surface area contributed by atoms with E-state index in [0.29, 0.717) is 12.0 Å². The summed E-state index contributed by atoms with van der Waals surface area (Å²) in [5.41, 5.74) is 1.21. The first-order chi connectivity index (χ1) is 7.27. The third-order valence-electron chi connectivity index (χ3n) is 2.19. The largest absolute Gasteiger partial charge is 0.204 e. The van der Waals surface area contributed by atoms with Crippen LogP contribution in [0.25, 0.3) is 0 Å². The van der Waals surface area contributed by atoms with Crippen LogP contribution >= 0.6 is 0 Å². The number of rotatable bonds is 2. The van der Waals surface area contributed by atoms with Gasteiger partial charge in [-0.1, -0.05) is 36.4 Å². The zero-order valence-corrected chi connectivity index (χ0v) is 8.00. The zero-order valence-electron chi connectivity index (χ0n) is 8.00. The van der Waals surface area contributed by atoms with E-state index in [2.05, 4.69) is 6.07 Å². The van der Waals surface area contributed by atoms with E-state index in [4.69, 9.17) is 0 Å². The predicted octanol–water partition coefficient (Wildman–Crippen LogP) is 3.36. The Labute approximate surface area is 87.2 Å². The van der Waals surface area contributed by atoms with Gasteiger partial charge in [0, 0.05) is 6.42 Å². The molecule has 2 heteroatoms. The normalized spacial score (nSPS) is 10.3. The summed E-state index contributed by atoms with van der Waals surface area (Å²) in [6, 6.07) is 14.5. The average Bonchev–Trinajstić information content (AvgIpc) is 2.26. The van der Waals surface area contributed by atoms with Crippen molar-refractivity contribution in [3.8, 4) is 0 Å². The van der Waals surface area contributed by atoms with Crippen molar-refractivity contribution in [1.29, 1.82) is 0 Å². The Bertz CT molecular complexity index is 449. The first kappa shape index (κ1) is 9.84. The van der Waals surface area contributed by atoms with Gasteiger partial charge < -0.3 is 0 Å². The van der Waals surface area contributed by atoms with Crippen molar-refractivity contribution in [2.75, 3.05) is 0 Å². The van der Waals surface area contributed by atoms with Crippen molar-refractivity contribution in [2.24, 2.45) is 0 Å². The third kappa shape index (κ3) is 2.21. The maximum atomic E-state index is 13.3. The minimum absolute atomic E-state index is 0.359. The summed E-state index contributed by atoms with van der Waals surface area (Å²) < 4.78 is 26.2. The SMILES string of the molecule is Fc1cccc(Cc2[c]cccc2)c1F. The molecule has 0 N–H and O–H groups in total. The highest BCUT2D eigenvalue weighted by Crippen LogP contribution is 2.15. The summed E-state index contributed by atoms with van der Waals surface area (Å²) in [6.45, 7) is 0. The van der Waals surface area contributed by atoms with E-state index in [1.807, 2.05) is 18.2 Å². The van der Waals surface area contributed by atoms with Gasteiger partial charge in [-0.2, -0.15) is 0 Å². The van der Waals surface area contributed by atoms with Crippen LogP contribution in [0, 0.1) is 17.7 Å². The van der Waals surface area contributed by atoms with Crippen LogP contribution in [0.3, 0.4) is 0 Å². The predicted molar refractivity (Wildman–Crippen MR) is 54.4 cm³/mol. The molecule has 0 nitrogen and oxygen atoms in total. The van der Waals surface area contributed by atoms with Gasteiger partial charge in [0.25, 0.3) is 0 Å². The molecule has 75 valence electrons. The highest BCUT2D eigenvalue weighted by molar-refractivity contribution is 5.26. The summed E-state index contributed by atoms with van der Waals surface area (Å²) in [5, 5.41) is 0. The van der Waals surface area contributed by atoms with Crippen molar-refractivity contribution < 1.29 is 8.78 Å². The Morgan fingerprint density at radius 3 is 2.60 bits per heavy atom. The highest BCUT2D eigenvalue weighted by atomic mass is 19.2. The molecule has 2 rings (SSSR count). The number of benzene rings is 2. The molecule has 0 saturated heterocycles. The standard InChI is InChI=1S/C13H9F2/c14-12-8-4-7-11(13(12)15)9-10-5-2-1-3-6-10/h1-5,7-8H,9H2. The van der Waals surface area contributed by atoms with Crippen LogP contribution in [0.1, 0.15) is 11.1 Å². The van der Waals surface area contributed by atoms with Gasteiger partial charge in [-0.15, -0.1) is 0 Å². The Morgan fingerprint density at radius 2 is 1.87 bits per heavy atom. The van der Waals surface area contributed by atoms with Gasteiger partial charge >= 0.3 is 0 Å². The Hall–Kier alpha value is -1.70. The van der Waals surface area contributed by atoms with Crippen LogP contribution in [0.15, 0.2) is 42.5 Å². The van der Waals surface area contributed by atoms with Gasteiger partial charge in [-0.3, -0.25) is 0 Å². The lowest BCUT2D eigenvalue weighted by Crippen LogP contribution is -1.95. The van der Waals surface area contributed by atoms with Gasteiger partial charge in [0.15, 0.2) is 11.6 Å². The molecule has 0 unspecified atom stereocenters. The summed E-state index contributed by atoms with van der Waals surface area (Å²) in [4.78, 5) is 0. The molecule has 0 saturated carbocycles. The molecule has 2 aromatic carbocycles. The molecular formula is C13H9F2. The van der Waals surface area contributed by atoms with E-state index in [1.54, 1.807) is 12.1 Å². The lowest BCUT2D eigenvalue weighted by molar-refractivity contribution is 0.501. The molecule has 1 radical (unpaired) electrons. The zero-order chi connectivity index (χ0) is 10.7. The van der Waals surface area contributed by atoms with E-state index < -0.39 is 11.6 Å². The van der Waals surface area contributed by atoms with Gasteiger partial charge in [-0.05, 0) is 23.3 Å². The van der Waals surface area contributed by atoms with Crippen LogP contribution in [0.4, 0.5) is 8.78 Å². The molecule has 0 aliphatic heterocycles. The maximum Gasteiger partial charge on any atom is 0.162 e. The lowest BCUT2D eigenvalue weighted by Gasteiger charge is -2.03. The molecule has 0 heterocycles. The summed E-state index contributed by atoms with van der Waals surface area (Å²) in [7, 11) is 0. The minimum Gasteiger partial charge on any atom is -0.204 e. The molecule has 0 amide bonds. The van der Waals surface area contributed by atoms with Crippen LogP contribution in [-0.2, 0) is 6.42 Å². The monoisotopic (exact) mass is 203 g/mol. The van der Waals surface area contributed by atoms with Crippen LogP contribution in [-0.4, -0.2) is 0 Å². The van der Waals surface area contributed by atoms with Crippen LogP contribution < -0.4 is 0 Å². The van der Waals surface area contributed by atoms with Gasteiger partial charge in [-0.25, -0.2) is 8.78 Å². The summed E-state index contributed by atoms with van der Waals surface area (Å²) >= 11 is 0. The van der Waals surface area contributed by atoms with E-state index in [9.17, 15) is 8.78 Å². The van der Waals surface area contributed by atoms with Crippen LogP contribution in [0.2, 0.25) is 0 Å². The second-order valence-corrected chi connectivity index (χ2v) is 3.28. The molecular weight excluding hydrogens is 194 g/mol. The van der Waals surface area contributed by atoms with Gasteiger partial charge in [0.05, 0.1) is 0 Å². The second-order valence-electron chi connectivity index (χ2n) is 3.28. The minimum atomic E-state index is -0.802. The second kappa shape index (κ2) is 4.22. The molecule has 0 aromatic heterocycles. The fourth-order valence-corrected chi connectivity index (χ4v) is 1.43. The van der Waals surface area contributed by atoms with Gasteiger partial charge in [0.1, 0.15) is 0 Å². The van der Waals surface area contributed by atoms with Crippen molar-refractivity contribution in [3.05, 3.63) is 71.3 Å². The summed E-state index contributed by atoms with van der Waals surface area (Å²) in [6.07, 6.45) is 0.366. The summed E-state index contributed by atoms with van der Waals surface area (Å²) in [5.74, 6) is -1.57. The first-order valence-corrected chi connectivity index (χ1v) is 4.66. The quantitative estimate of drug-likeness (QED) is 0.702. The van der Waals surface area contributed by atoms with E-state index >= 15 is 0 Å².